The number of rotatable bonds is 2. The lowest BCUT2D eigenvalue weighted by Crippen LogP contribution is -2.54. The Morgan fingerprint density at radius 3 is 2.44 bits per heavy atom. The number of ketones is 1. The second-order valence-electron chi connectivity index (χ2n) is 6.04. The molecule has 1 aliphatic heterocycles. The summed E-state index contributed by atoms with van der Waals surface area (Å²) in [7, 11) is 0. The summed E-state index contributed by atoms with van der Waals surface area (Å²) in [6.07, 6.45) is 8.20. The van der Waals surface area contributed by atoms with Gasteiger partial charge in [-0.1, -0.05) is 19.8 Å². The van der Waals surface area contributed by atoms with Crippen molar-refractivity contribution in [1.82, 2.24) is 5.32 Å². The molecule has 0 spiro atoms. The fraction of sp³-hybridized carbons (Fsp3) is 0.929. The van der Waals surface area contributed by atoms with Crippen LogP contribution < -0.4 is 5.32 Å². The summed E-state index contributed by atoms with van der Waals surface area (Å²) in [6.45, 7) is 5.44. The number of nitrogens with one attached hydrogen (secondary N) is 1. The molecule has 0 radical (unpaired) electrons. The second-order valence-corrected chi connectivity index (χ2v) is 6.04. The van der Waals surface area contributed by atoms with E-state index in [1.165, 1.54) is 25.7 Å². The number of hydrogen-bond donors (Lipinski definition) is 1. The summed E-state index contributed by atoms with van der Waals surface area (Å²) in [5.41, 5.74) is -0.205. The third kappa shape index (κ3) is 2.48. The highest BCUT2D eigenvalue weighted by Crippen LogP contribution is 2.33. The van der Waals surface area contributed by atoms with E-state index >= 15 is 0 Å². The maximum absolute atomic E-state index is 12.5. The molecule has 2 rings (SSSR count). The lowest BCUT2D eigenvalue weighted by molar-refractivity contribution is -0.131. The molecule has 1 unspecified atom stereocenters. The molecule has 0 bridgehead atoms. The van der Waals surface area contributed by atoms with Crippen LogP contribution in [0.1, 0.15) is 58.8 Å². The van der Waals surface area contributed by atoms with Gasteiger partial charge in [0.2, 0.25) is 0 Å². The Bertz CT molecular complexity index is 247. The summed E-state index contributed by atoms with van der Waals surface area (Å²) in [5, 5.41) is 3.45. The minimum absolute atomic E-state index is 0.205. The van der Waals surface area contributed by atoms with Crippen LogP contribution in [0.4, 0.5) is 0 Å². The van der Waals surface area contributed by atoms with Gasteiger partial charge in [-0.05, 0) is 51.5 Å². The molecule has 16 heavy (non-hydrogen) atoms. The number of carbonyl (C=O) groups excluding carboxylic acids is 1. The molecule has 2 nitrogen and oxygen atoms in total. The quantitative estimate of drug-likeness (QED) is 0.780. The summed E-state index contributed by atoms with van der Waals surface area (Å²) in [6, 6.07) is 0. The molecule has 0 aromatic carbocycles. The number of Topliss-reactive ketones (excluding diaryl/α,β-unsaturated/α-hetero) is 1. The highest BCUT2D eigenvalue weighted by Gasteiger charge is 2.39. The molecule has 1 atom stereocenters. The summed E-state index contributed by atoms with van der Waals surface area (Å²) < 4.78 is 0. The number of hydrogen-bond acceptors (Lipinski definition) is 2. The van der Waals surface area contributed by atoms with Crippen LogP contribution in [-0.2, 0) is 4.79 Å². The van der Waals surface area contributed by atoms with Gasteiger partial charge in [0.05, 0.1) is 5.54 Å². The number of carbonyl (C=O) groups is 1. The van der Waals surface area contributed by atoms with Crippen molar-refractivity contribution in [2.45, 2.75) is 64.3 Å². The molecule has 2 heteroatoms. The Labute approximate surface area is 99.2 Å². The van der Waals surface area contributed by atoms with Gasteiger partial charge in [-0.25, -0.2) is 0 Å². The zero-order valence-corrected chi connectivity index (χ0v) is 10.7. The molecule has 0 aromatic heterocycles. The molecular weight excluding hydrogens is 198 g/mol. The first kappa shape index (κ1) is 12.1. The minimum Gasteiger partial charge on any atom is -0.305 e. The van der Waals surface area contributed by atoms with Crippen molar-refractivity contribution < 1.29 is 4.79 Å². The van der Waals surface area contributed by atoms with Gasteiger partial charge in [-0.2, -0.15) is 0 Å². The van der Waals surface area contributed by atoms with Crippen LogP contribution in [0.2, 0.25) is 0 Å². The van der Waals surface area contributed by atoms with E-state index in [0.717, 1.165) is 31.7 Å². The highest BCUT2D eigenvalue weighted by molar-refractivity contribution is 5.90. The predicted molar refractivity (Wildman–Crippen MR) is 66.4 cm³/mol. The summed E-state index contributed by atoms with van der Waals surface area (Å²) in [4.78, 5) is 12.5. The molecule has 1 aliphatic carbocycles. The van der Waals surface area contributed by atoms with E-state index in [2.05, 4.69) is 19.2 Å². The minimum atomic E-state index is -0.205. The molecular formula is C14H25NO. The average molecular weight is 223 g/mol. The zero-order chi connectivity index (χ0) is 11.6. The first-order valence-electron chi connectivity index (χ1n) is 6.91. The van der Waals surface area contributed by atoms with E-state index in [1.807, 2.05) is 0 Å². The van der Waals surface area contributed by atoms with Gasteiger partial charge in [0.1, 0.15) is 0 Å². The van der Waals surface area contributed by atoms with Gasteiger partial charge < -0.3 is 5.32 Å². The standard InChI is InChI=1S/C14H25NO/c1-11-5-7-12(8-6-11)13(16)14(2)9-3-4-10-15-14/h11-12,15H,3-10H2,1-2H3. The van der Waals surface area contributed by atoms with Crippen LogP contribution >= 0.6 is 0 Å². The van der Waals surface area contributed by atoms with E-state index < -0.39 is 0 Å². The SMILES string of the molecule is CC1CCC(C(=O)C2(C)CCCCN2)CC1. The van der Waals surface area contributed by atoms with Crippen LogP contribution in [-0.4, -0.2) is 17.9 Å². The Hall–Kier alpha value is -0.370. The normalized spacial score (nSPS) is 40.6. The molecule has 1 N–H and O–H groups in total. The van der Waals surface area contributed by atoms with E-state index in [0.29, 0.717) is 11.7 Å². The lowest BCUT2D eigenvalue weighted by Gasteiger charge is -2.38. The molecule has 1 heterocycles. The van der Waals surface area contributed by atoms with Crippen molar-refractivity contribution in [1.29, 1.82) is 0 Å². The molecule has 92 valence electrons. The molecule has 1 saturated carbocycles. The second kappa shape index (κ2) is 4.87. The highest BCUT2D eigenvalue weighted by atomic mass is 16.1. The van der Waals surface area contributed by atoms with Gasteiger partial charge in [0.25, 0.3) is 0 Å². The van der Waals surface area contributed by atoms with E-state index in [1.54, 1.807) is 0 Å². The van der Waals surface area contributed by atoms with Crippen molar-refractivity contribution in [2.24, 2.45) is 11.8 Å². The Morgan fingerprint density at radius 2 is 1.88 bits per heavy atom. The smallest absolute Gasteiger partial charge is 0.155 e. The fourth-order valence-corrected chi connectivity index (χ4v) is 3.24. The van der Waals surface area contributed by atoms with E-state index in [-0.39, 0.29) is 5.54 Å². The Kier molecular flexibility index (Phi) is 3.68. The average Bonchev–Trinajstić information content (AvgIpc) is 2.30. The third-order valence-electron chi connectivity index (χ3n) is 4.55. The van der Waals surface area contributed by atoms with Crippen molar-refractivity contribution in [3.63, 3.8) is 0 Å². The molecule has 0 aromatic rings. The maximum Gasteiger partial charge on any atom is 0.155 e. The summed E-state index contributed by atoms with van der Waals surface area (Å²) >= 11 is 0. The van der Waals surface area contributed by atoms with Crippen LogP contribution in [0.25, 0.3) is 0 Å². The van der Waals surface area contributed by atoms with Crippen molar-refractivity contribution in [3.8, 4) is 0 Å². The molecule has 1 saturated heterocycles. The predicted octanol–water partition coefficient (Wildman–Crippen LogP) is 2.91. The lowest BCUT2D eigenvalue weighted by atomic mass is 9.73. The number of piperidine rings is 1. The van der Waals surface area contributed by atoms with Crippen molar-refractivity contribution in [2.75, 3.05) is 6.54 Å². The van der Waals surface area contributed by atoms with Crippen LogP contribution in [0, 0.1) is 11.8 Å². The third-order valence-corrected chi connectivity index (χ3v) is 4.55. The monoisotopic (exact) mass is 223 g/mol. The largest absolute Gasteiger partial charge is 0.305 e. The first-order chi connectivity index (χ1) is 7.62. The topological polar surface area (TPSA) is 29.1 Å². The van der Waals surface area contributed by atoms with Gasteiger partial charge in [0, 0.05) is 5.92 Å². The van der Waals surface area contributed by atoms with Gasteiger partial charge in [-0.3, -0.25) is 4.79 Å². The van der Waals surface area contributed by atoms with Gasteiger partial charge in [-0.15, -0.1) is 0 Å². The Balaban J connectivity index is 1.95. The first-order valence-corrected chi connectivity index (χ1v) is 6.91. The van der Waals surface area contributed by atoms with Crippen molar-refractivity contribution >= 4 is 5.78 Å². The van der Waals surface area contributed by atoms with Crippen LogP contribution in [0.5, 0.6) is 0 Å². The van der Waals surface area contributed by atoms with Gasteiger partial charge in [0.15, 0.2) is 5.78 Å². The van der Waals surface area contributed by atoms with E-state index in [9.17, 15) is 4.79 Å². The molecule has 2 aliphatic rings. The molecule has 2 fully saturated rings. The zero-order valence-electron chi connectivity index (χ0n) is 10.7. The van der Waals surface area contributed by atoms with Gasteiger partial charge >= 0.3 is 0 Å². The van der Waals surface area contributed by atoms with Crippen LogP contribution in [0.15, 0.2) is 0 Å². The van der Waals surface area contributed by atoms with E-state index in [4.69, 9.17) is 0 Å². The maximum atomic E-state index is 12.5. The fourth-order valence-electron chi connectivity index (χ4n) is 3.24. The Morgan fingerprint density at radius 1 is 1.19 bits per heavy atom. The molecule has 0 amide bonds. The van der Waals surface area contributed by atoms with Crippen molar-refractivity contribution in [3.05, 3.63) is 0 Å². The summed E-state index contributed by atoms with van der Waals surface area (Å²) in [5.74, 6) is 1.67. The van der Waals surface area contributed by atoms with Crippen LogP contribution in [0.3, 0.4) is 0 Å².